The van der Waals surface area contributed by atoms with Gasteiger partial charge in [-0.1, -0.05) is 23.9 Å². The van der Waals surface area contributed by atoms with Gasteiger partial charge in [-0.05, 0) is 24.6 Å². The molecule has 0 radical (unpaired) electrons. The van der Waals surface area contributed by atoms with Gasteiger partial charge in [0.25, 0.3) is 5.91 Å². The summed E-state index contributed by atoms with van der Waals surface area (Å²) in [6.45, 7) is 1.95. The van der Waals surface area contributed by atoms with E-state index in [2.05, 4.69) is 25.5 Å². The molecular formula is C14H13N5OS2. The average molecular weight is 331 g/mol. The maximum Gasteiger partial charge on any atom is 0.257 e. The fourth-order valence-electron chi connectivity index (χ4n) is 1.75. The molecule has 0 saturated heterocycles. The van der Waals surface area contributed by atoms with Gasteiger partial charge in [-0.25, -0.2) is 9.97 Å². The molecule has 2 heterocycles. The van der Waals surface area contributed by atoms with Gasteiger partial charge in [0.1, 0.15) is 6.33 Å². The molecule has 6 nitrogen and oxygen atoms in total. The van der Waals surface area contributed by atoms with Crippen molar-refractivity contribution in [2.24, 2.45) is 0 Å². The summed E-state index contributed by atoms with van der Waals surface area (Å²) >= 11 is 3.02. The van der Waals surface area contributed by atoms with Gasteiger partial charge in [-0.3, -0.25) is 15.2 Å². The van der Waals surface area contributed by atoms with Crippen molar-refractivity contribution in [3.63, 3.8) is 0 Å². The molecule has 1 amide bonds. The van der Waals surface area contributed by atoms with Gasteiger partial charge in [0.2, 0.25) is 0 Å². The first-order chi connectivity index (χ1) is 10.7. The van der Waals surface area contributed by atoms with Crippen molar-refractivity contribution < 1.29 is 4.79 Å². The summed E-state index contributed by atoms with van der Waals surface area (Å²) in [5, 5.41) is 10.8. The van der Waals surface area contributed by atoms with Gasteiger partial charge < -0.3 is 0 Å². The number of H-pyrrole nitrogens is 1. The minimum Gasteiger partial charge on any atom is -0.298 e. The van der Waals surface area contributed by atoms with Gasteiger partial charge in [-0.2, -0.15) is 5.10 Å². The number of nitrogens with zero attached hydrogens (tertiary/aromatic N) is 3. The lowest BCUT2D eigenvalue weighted by atomic mass is 10.1. The smallest absolute Gasteiger partial charge is 0.257 e. The summed E-state index contributed by atoms with van der Waals surface area (Å²) in [5.74, 6) is 0.617. The number of aromatic amines is 1. The highest BCUT2D eigenvalue weighted by Crippen LogP contribution is 2.20. The van der Waals surface area contributed by atoms with E-state index in [1.165, 1.54) is 17.7 Å². The minimum absolute atomic E-state index is 0.149. The SMILES string of the molecule is Cc1cnc(NC(=O)c2ccc(CSc3ncn[nH]3)cc2)s1. The largest absolute Gasteiger partial charge is 0.298 e. The summed E-state index contributed by atoms with van der Waals surface area (Å²) in [4.78, 5) is 21.3. The summed E-state index contributed by atoms with van der Waals surface area (Å²) in [5.41, 5.74) is 1.73. The third-order valence-electron chi connectivity index (χ3n) is 2.83. The lowest BCUT2D eigenvalue weighted by molar-refractivity contribution is 0.102. The van der Waals surface area contributed by atoms with Crippen molar-refractivity contribution in [2.75, 3.05) is 5.32 Å². The highest BCUT2D eigenvalue weighted by molar-refractivity contribution is 7.98. The Kier molecular flexibility index (Phi) is 4.50. The molecular weight excluding hydrogens is 318 g/mol. The van der Waals surface area contributed by atoms with Crippen molar-refractivity contribution in [1.29, 1.82) is 0 Å². The van der Waals surface area contributed by atoms with Crippen molar-refractivity contribution >= 4 is 34.1 Å². The molecule has 0 aliphatic rings. The van der Waals surface area contributed by atoms with Gasteiger partial charge in [0.05, 0.1) is 0 Å². The number of thiazole rings is 1. The normalized spacial score (nSPS) is 10.6. The topological polar surface area (TPSA) is 83.6 Å². The van der Waals surface area contributed by atoms with Gasteiger partial charge in [0.15, 0.2) is 10.3 Å². The predicted molar refractivity (Wildman–Crippen MR) is 87.2 cm³/mol. The van der Waals surface area contributed by atoms with Crippen LogP contribution in [0.15, 0.2) is 41.9 Å². The molecule has 0 aliphatic heterocycles. The summed E-state index contributed by atoms with van der Waals surface area (Å²) in [7, 11) is 0. The fourth-order valence-corrected chi connectivity index (χ4v) is 3.14. The number of nitrogens with one attached hydrogen (secondary N) is 2. The molecule has 0 fully saturated rings. The first-order valence-electron chi connectivity index (χ1n) is 6.51. The number of thioether (sulfide) groups is 1. The number of hydrogen-bond acceptors (Lipinski definition) is 6. The van der Waals surface area contributed by atoms with Crippen LogP contribution in [-0.4, -0.2) is 26.1 Å². The average Bonchev–Trinajstić information content (AvgIpc) is 3.17. The van der Waals surface area contributed by atoms with Gasteiger partial charge >= 0.3 is 0 Å². The Morgan fingerprint density at radius 3 is 2.77 bits per heavy atom. The quantitative estimate of drug-likeness (QED) is 0.702. The third-order valence-corrected chi connectivity index (χ3v) is 4.60. The summed E-state index contributed by atoms with van der Waals surface area (Å²) in [6, 6.07) is 7.49. The van der Waals surface area contributed by atoms with E-state index >= 15 is 0 Å². The zero-order valence-electron chi connectivity index (χ0n) is 11.7. The number of rotatable bonds is 5. The summed E-state index contributed by atoms with van der Waals surface area (Å²) < 4.78 is 0. The number of benzene rings is 1. The molecule has 22 heavy (non-hydrogen) atoms. The number of amides is 1. The second-order valence-electron chi connectivity index (χ2n) is 4.51. The zero-order valence-corrected chi connectivity index (χ0v) is 13.4. The first-order valence-corrected chi connectivity index (χ1v) is 8.32. The van der Waals surface area contributed by atoms with Crippen molar-refractivity contribution in [3.8, 4) is 0 Å². The molecule has 0 aliphatic carbocycles. The molecule has 0 atom stereocenters. The van der Waals surface area contributed by atoms with Gasteiger partial charge in [0, 0.05) is 22.4 Å². The van der Waals surface area contributed by atoms with Crippen LogP contribution in [0.4, 0.5) is 5.13 Å². The zero-order chi connectivity index (χ0) is 15.4. The number of aryl methyl sites for hydroxylation is 1. The molecule has 0 bridgehead atoms. The second kappa shape index (κ2) is 6.71. The van der Waals surface area contributed by atoms with Crippen molar-refractivity contribution in [1.82, 2.24) is 20.2 Å². The van der Waals surface area contributed by atoms with Crippen molar-refractivity contribution in [3.05, 3.63) is 52.8 Å². The van der Waals surface area contributed by atoms with E-state index in [1.807, 2.05) is 31.2 Å². The highest BCUT2D eigenvalue weighted by Gasteiger charge is 2.08. The van der Waals surface area contributed by atoms with E-state index in [0.717, 1.165) is 21.3 Å². The lowest BCUT2D eigenvalue weighted by Crippen LogP contribution is -2.11. The molecule has 1 aromatic carbocycles. The Hall–Kier alpha value is -2.19. The van der Waals surface area contributed by atoms with Crippen LogP contribution in [0.3, 0.4) is 0 Å². The molecule has 3 rings (SSSR count). The molecule has 0 saturated carbocycles. The molecule has 2 N–H and O–H groups in total. The van der Waals surface area contributed by atoms with Crippen LogP contribution >= 0.6 is 23.1 Å². The number of aromatic nitrogens is 4. The molecule has 112 valence electrons. The Bertz CT molecular complexity index is 752. The molecule has 3 aromatic rings. The second-order valence-corrected chi connectivity index (χ2v) is 6.71. The van der Waals surface area contributed by atoms with E-state index in [4.69, 9.17) is 0 Å². The van der Waals surface area contributed by atoms with Crippen LogP contribution in [0.1, 0.15) is 20.8 Å². The Labute approximate surface area is 135 Å². The molecule has 8 heteroatoms. The molecule has 0 unspecified atom stereocenters. The van der Waals surface area contributed by atoms with Crippen LogP contribution in [-0.2, 0) is 5.75 Å². The number of anilines is 1. The van der Waals surface area contributed by atoms with Crippen LogP contribution in [0.5, 0.6) is 0 Å². The standard InChI is InChI=1S/C14H13N5OS2/c1-9-6-15-13(22-9)18-12(20)11-4-2-10(3-5-11)7-21-14-16-8-17-19-14/h2-6,8H,7H2,1H3,(H,15,18,20)(H,16,17,19). The lowest BCUT2D eigenvalue weighted by Gasteiger charge is -2.03. The monoisotopic (exact) mass is 331 g/mol. The van der Waals surface area contributed by atoms with Crippen molar-refractivity contribution in [2.45, 2.75) is 17.8 Å². The predicted octanol–water partition coefficient (Wildman–Crippen LogP) is 3.11. The van der Waals surface area contributed by atoms with E-state index < -0.39 is 0 Å². The van der Waals surface area contributed by atoms with Crippen LogP contribution in [0, 0.1) is 6.92 Å². The van der Waals surface area contributed by atoms with E-state index in [9.17, 15) is 4.79 Å². The number of carbonyl (C=O) groups is 1. The van der Waals surface area contributed by atoms with E-state index in [1.54, 1.807) is 18.0 Å². The maximum atomic E-state index is 12.1. The number of hydrogen-bond donors (Lipinski definition) is 2. The fraction of sp³-hybridized carbons (Fsp3) is 0.143. The third kappa shape index (κ3) is 3.71. The van der Waals surface area contributed by atoms with Crippen LogP contribution in [0.25, 0.3) is 0 Å². The van der Waals surface area contributed by atoms with E-state index in [-0.39, 0.29) is 5.91 Å². The van der Waals surface area contributed by atoms with Crippen LogP contribution < -0.4 is 5.32 Å². The van der Waals surface area contributed by atoms with E-state index in [0.29, 0.717) is 10.7 Å². The Morgan fingerprint density at radius 1 is 1.32 bits per heavy atom. The maximum absolute atomic E-state index is 12.1. The summed E-state index contributed by atoms with van der Waals surface area (Å²) in [6.07, 6.45) is 3.22. The number of carbonyl (C=O) groups excluding carboxylic acids is 1. The Balaban J connectivity index is 1.59. The van der Waals surface area contributed by atoms with Gasteiger partial charge in [-0.15, -0.1) is 11.3 Å². The Morgan fingerprint density at radius 2 is 2.14 bits per heavy atom. The van der Waals surface area contributed by atoms with Crippen LogP contribution in [0.2, 0.25) is 0 Å². The molecule has 2 aromatic heterocycles. The first kappa shape index (κ1) is 14.7. The highest BCUT2D eigenvalue weighted by atomic mass is 32.2. The molecule has 0 spiro atoms. The minimum atomic E-state index is -0.149.